The van der Waals surface area contributed by atoms with Crippen molar-refractivity contribution in [1.82, 2.24) is 0 Å². The average molecular weight is 428 g/mol. The van der Waals surface area contributed by atoms with Crippen molar-refractivity contribution in [2.75, 3.05) is 17.3 Å². The van der Waals surface area contributed by atoms with Crippen molar-refractivity contribution in [3.05, 3.63) is 106 Å². The molecule has 0 radical (unpaired) electrons. The number of nitro benzene ring substituents is 1. The Balaban J connectivity index is 1.90. The van der Waals surface area contributed by atoms with Gasteiger partial charge in [-0.25, -0.2) is 0 Å². The van der Waals surface area contributed by atoms with Gasteiger partial charge in [-0.15, -0.1) is 0 Å². The largest absolute Gasteiger partial charge is 0.494 e. The minimum atomic E-state index is -0.659. The fourth-order valence-electron chi connectivity index (χ4n) is 2.99. The normalized spacial score (nSPS) is 10.7. The van der Waals surface area contributed by atoms with Gasteiger partial charge in [0.25, 0.3) is 11.6 Å². The predicted molar refractivity (Wildman–Crippen MR) is 121 cm³/mol. The van der Waals surface area contributed by atoms with Gasteiger partial charge in [-0.2, -0.15) is 5.26 Å². The molecule has 0 bridgehead atoms. The summed E-state index contributed by atoms with van der Waals surface area (Å²) in [5.74, 6) is -0.539. The summed E-state index contributed by atoms with van der Waals surface area (Å²) in [6.45, 7) is 0.449. The number of hydrogen-bond donors (Lipinski definition) is 1. The van der Waals surface area contributed by atoms with Crippen LogP contribution < -0.4 is 15.0 Å². The van der Waals surface area contributed by atoms with E-state index in [2.05, 4.69) is 5.32 Å². The molecule has 1 N–H and O–H groups in total. The van der Waals surface area contributed by atoms with Crippen molar-refractivity contribution in [2.24, 2.45) is 0 Å². The van der Waals surface area contributed by atoms with Gasteiger partial charge in [-0.1, -0.05) is 48.5 Å². The standard InChI is InChI=1S/C24H20N4O4/c1-32-23-14-21(28(30)31)12-13-22(23)26-24(29)19(15-25)17-27(20-10-6-3-7-11-20)16-18-8-4-2-5-9-18/h2-14,17H,16H2,1H3,(H,26,29)/b19-17-. The predicted octanol–water partition coefficient (Wildman–Crippen LogP) is 4.66. The lowest BCUT2D eigenvalue weighted by Gasteiger charge is -2.21. The molecule has 3 aromatic carbocycles. The van der Waals surface area contributed by atoms with Crippen LogP contribution in [0.25, 0.3) is 0 Å². The maximum Gasteiger partial charge on any atom is 0.273 e. The summed E-state index contributed by atoms with van der Waals surface area (Å²) in [4.78, 5) is 25.0. The molecule has 0 spiro atoms. The van der Waals surface area contributed by atoms with E-state index in [-0.39, 0.29) is 22.7 Å². The van der Waals surface area contributed by atoms with E-state index in [4.69, 9.17) is 4.74 Å². The van der Waals surface area contributed by atoms with Crippen LogP contribution in [0.3, 0.4) is 0 Å². The smallest absolute Gasteiger partial charge is 0.273 e. The van der Waals surface area contributed by atoms with Crippen LogP contribution in [0.4, 0.5) is 17.1 Å². The number of rotatable bonds is 8. The highest BCUT2D eigenvalue weighted by Gasteiger charge is 2.17. The molecule has 0 aliphatic heterocycles. The number of anilines is 2. The Morgan fingerprint density at radius 2 is 1.78 bits per heavy atom. The number of benzene rings is 3. The van der Waals surface area contributed by atoms with Gasteiger partial charge in [0, 0.05) is 24.5 Å². The van der Waals surface area contributed by atoms with Gasteiger partial charge < -0.3 is 15.0 Å². The van der Waals surface area contributed by atoms with Crippen LogP contribution in [0.1, 0.15) is 5.56 Å². The molecule has 8 nitrogen and oxygen atoms in total. The molecule has 3 rings (SSSR count). The quantitative estimate of drug-likeness (QED) is 0.242. The van der Waals surface area contributed by atoms with E-state index in [0.29, 0.717) is 6.54 Å². The third-order valence-electron chi connectivity index (χ3n) is 4.58. The Bertz CT molecular complexity index is 1170. The van der Waals surface area contributed by atoms with Gasteiger partial charge in [0.1, 0.15) is 17.4 Å². The molecular weight excluding hydrogens is 408 g/mol. The molecule has 160 valence electrons. The lowest BCUT2D eigenvalue weighted by atomic mass is 10.2. The minimum absolute atomic E-state index is 0.119. The lowest BCUT2D eigenvalue weighted by molar-refractivity contribution is -0.384. The number of non-ortho nitro benzene ring substituents is 1. The Kier molecular flexibility index (Phi) is 7.17. The van der Waals surface area contributed by atoms with Crippen LogP contribution in [-0.2, 0) is 11.3 Å². The zero-order valence-electron chi connectivity index (χ0n) is 17.3. The Hall–Kier alpha value is -4.64. The molecule has 0 saturated heterocycles. The third kappa shape index (κ3) is 5.49. The van der Waals surface area contributed by atoms with E-state index >= 15 is 0 Å². The summed E-state index contributed by atoms with van der Waals surface area (Å²) < 4.78 is 5.15. The summed E-state index contributed by atoms with van der Waals surface area (Å²) >= 11 is 0. The number of nitrogens with one attached hydrogen (secondary N) is 1. The van der Waals surface area contributed by atoms with Crippen LogP contribution in [0.5, 0.6) is 5.75 Å². The first kappa shape index (κ1) is 22.1. The molecule has 0 aliphatic carbocycles. The maximum absolute atomic E-state index is 12.8. The highest BCUT2D eigenvalue weighted by molar-refractivity contribution is 6.07. The maximum atomic E-state index is 12.8. The van der Waals surface area contributed by atoms with Gasteiger partial charge in [0.05, 0.1) is 23.8 Å². The van der Waals surface area contributed by atoms with Crippen molar-refractivity contribution in [3.63, 3.8) is 0 Å². The second-order valence-electron chi connectivity index (χ2n) is 6.70. The van der Waals surface area contributed by atoms with Gasteiger partial charge in [0.15, 0.2) is 0 Å². The number of nitrogens with zero attached hydrogens (tertiary/aromatic N) is 3. The number of carbonyl (C=O) groups is 1. The van der Waals surface area contributed by atoms with Crippen molar-refractivity contribution >= 4 is 23.0 Å². The topological polar surface area (TPSA) is 108 Å². The molecule has 0 atom stereocenters. The van der Waals surface area contributed by atoms with Crippen LogP contribution >= 0.6 is 0 Å². The molecule has 1 amide bonds. The molecule has 0 fully saturated rings. The molecule has 8 heteroatoms. The molecule has 3 aromatic rings. The molecule has 0 aliphatic rings. The summed E-state index contributed by atoms with van der Waals surface area (Å²) in [5, 5.41) is 23.2. The van der Waals surface area contributed by atoms with Gasteiger partial charge in [-0.05, 0) is 23.8 Å². The minimum Gasteiger partial charge on any atom is -0.494 e. The van der Waals surface area contributed by atoms with Gasteiger partial charge in [-0.3, -0.25) is 14.9 Å². The number of methoxy groups -OCH3 is 1. The Morgan fingerprint density at radius 1 is 1.12 bits per heavy atom. The number of para-hydroxylation sites is 1. The molecule has 0 aromatic heterocycles. The Labute approximate surface area is 185 Å². The molecule has 0 unspecified atom stereocenters. The molecular formula is C24H20N4O4. The fraction of sp³-hybridized carbons (Fsp3) is 0.0833. The second-order valence-corrected chi connectivity index (χ2v) is 6.70. The zero-order chi connectivity index (χ0) is 22.9. The fourth-order valence-corrected chi connectivity index (χ4v) is 2.99. The van der Waals surface area contributed by atoms with Gasteiger partial charge >= 0.3 is 0 Å². The first-order valence-corrected chi connectivity index (χ1v) is 9.63. The van der Waals surface area contributed by atoms with E-state index in [1.54, 1.807) is 4.90 Å². The van der Waals surface area contributed by atoms with Crippen molar-refractivity contribution in [2.45, 2.75) is 6.54 Å². The monoisotopic (exact) mass is 428 g/mol. The number of amides is 1. The molecule has 32 heavy (non-hydrogen) atoms. The van der Waals surface area contributed by atoms with E-state index in [0.717, 1.165) is 11.3 Å². The van der Waals surface area contributed by atoms with E-state index in [9.17, 15) is 20.2 Å². The van der Waals surface area contributed by atoms with Crippen LogP contribution in [0.15, 0.2) is 90.6 Å². The van der Waals surface area contributed by atoms with Crippen molar-refractivity contribution < 1.29 is 14.5 Å². The van der Waals surface area contributed by atoms with E-state index in [1.165, 1.54) is 31.5 Å². The third-order valence-corrected chi connectivity index (χ3v) is 4.58. The van der Waals surface area contributed by atoms with Gasteiger partial charge in [0.2, 0.25) is 0 Å². The number of nitro groups is 1. The summed E-state index contributed by atoms with van der Waals surface area (Å²) in [5.41, 5.74) is 1.73. The van der Waals surface area contributed by atoms with E-state index < -0.39 is 10.8 Å². The Morgan fingerprint density at radius 3 is 2.38 bits per heavy atom. The number of hydrogen-bond acceptors (Lipinski definition) is 6. The highest BCUT2D eigenvalue weighted by Crippen LogP contribution is 2.29. The number of ether oxygens (including phenoxy) is 1. The van der Waals surface area contributed by atoms with Crippen LogP contribution in [0.2, 0.25) is 0 Å². The van der Waals surface area contributed by atoms with Crippen molar-refractivity contribution in [1.29, 1.82) is 5.26 Å². The van der Waals surface area contributed by atoms with E-state index in [1.807, 2.05) is 66.7 Å². The van der Waals surface area contributed by atoms with Crippen LogP contribution in [-0.4, -0.2) is 17.9 Å². The van der Waals surface area contributed by atoms with Crippen LogP contribution in [0, 0.1) is 21.4 Å². The van der Waals surface area contributed by atoms with Crippen molar-refractivity contribution in [3.8, 4) is 11.8 Å². The first-order chi connectivity index (χ1) is 15.5. The SMILES string of the molecule is COc1cc([N+](=O)[O-])ccc1NC(=O)/C(C#N)=C\N(Cc1ccccc1)c1ccccc1. The zero-order valence-corrected chi connectivity index (χ0v) is 17.3. The summed E-state index contributed by atoms with van der Waals surface area (Å²) in [6.07, 6.45) is 1.48. The number of carbonyl (C=O) groups excluding carboxylic acids is 1. The summed E-state index contributed by atoms with van der Waals surface area (Å²) in [6, 6.07) is 24.8. The molecule has 0 saturated carbocycles. The highest BCUT2D eigenvalue weighted by atomic mass is 16.6. The molecule has 0 heterocycles. The first-order valence-electron chi connectivity index (χ1n) is 9.63. The second kappa shape index (κ2) is 10.4. The lowest BCUT2D eigenvalue weighted by Crippen LogP contribution is -2.21. The number of nitriles is 1. The average Bonchev–Trinajstić information content (AvgIpc) is 2.82. The summed E-state index contributed by atoms with van der Waals surface area (Å²) in [7, 11) is 1.34.